The molecule has 0 aromatic heterocycles. The lowest BCUT2D eigenvalue weighted by molar-refractivity contribution is 0.309. The van der Waals surface area contributed by atoms with Crippen molar-refractivity contribution < 1.29 is 14.2 Å². The van der Waals surface area contributed by atoms with Gasteiger partial charge in [0.05, 0.1) is 0 Å². The van der Waals surface area contributed by atoms with E-state index < -0.39 is 10.8 Å². The predicted octanol–water partition coefficient (Wildman–Crippen LogP) is 0.517. The van der Waals surface area contributed by atoms with Crippen molar-refractivity contribution in [3.05, 3.63) is 29.8 Å². The van der Waals surface area contributed by atoms with Crippen molar-refractivity contribution in [3.63, 3.8) is 0 Å². The van der Waals surface area contributed by atoms with Crippen LogP contribution in [-0.2, 0) is 10.8 Å². The normalized spacial score (nSPS) is 14.8. The molecule has 7 heteroatoms. The first-order valence-electron chi connectivity index (χ1n) is 6.27. The van der Waals surface area contributed by atoms with E-state index in [2.05, 4.69) is 10.5 Å². The van der Waals surface area contributed by atoms with Crippen LogP contribution in [0.2, 0.25) is 0 Å². The average molecular weight is 299 g/mol. The molecule has 2 unspecified atom stereocenters. The number of amidine groups is 1. The summed E-state index contributed by atoms with van der Waals surface area (Å²) in [6, 6.07) is 7.17. The summed E-state index contributed by atoms with van der Waals surface area (Å²) in [5, 5.41) is 14.7. The van der Waals surface area contributed by atoms with E-state index in [1.807, 2.05) is 6.92 Å². The second-order valence-corrected chi connectivity index (χ2v) is 5.93. The summed E-state index contributed by atoms with van der Waals surface area (Å²) in [5.74, 6) is 1.42. The number of benzene rings is 1. The van der Waals surface area contributed by atoms with E-state index in [0.29, 0.717) is 30.2 Å². The van der Waals surface area contributed by atoms with Crippen molar-refractivity contribution >= 4 is 16.6 Å². The zero-order valence-corrected chi connectivity index (χ0v) is 12.5. The standard InChI is InChI=1S/C13H21N3O3S/c1-10(9-20(2)18)15-7-8-19-12-5-3-11(4-6-12)13(14)16-17/h3-6,10,15,17H,7-9H2,1-2H3,(H2,14,16). The molecule has 0 spiro atoms. The summed E-state index contributed by atoms with van der Waals surface area (Å²) in [5.41, 5.74) is 6.10. The van der Waals surface area contributed by atoms with E-state index in [-0.39, 0.29) is 11.9 Å². The minimum Gasteiger partial charge on any atom is -0.492 e. The molecule has 6 nitrogen and oxygen atoms in total. The van der Waals surface area contributed by atoms with E-state index in [1.165, 1.54) is 0 Å². The first-order chi connectivity index (χ1) is 9.52. The van der Waals surface area contributed by atoms with Crippen LogP contribution in [0.1, 0.15) is 12.5 Å². The highest BCUT2D eigenvalue weighted by molar-refractivity contribution is 7.84. The van der Waals surface area contributed by atoms with Crippen LogP contribution < -0.4 is 15.8 Å². The number of hydrogen-bond donors (Lipinski definition) is 3. The minimum atomic E-state index is -0.792. The van der Waals surface area contributed by atoms with Crippen LogP contribution in [0.15, 0.2) is 29.4 Å². The Morgan fingerprint density at radius 3 is 2.70 bits per heavy atom. The predicted molar refractivity (Wildman–Crippen MR) is 80.8 cm³/mol. The van der Waals surface area contributed by atoms with Crippen molar-refractivity contribution in [2.45, 2.75) is 13.0 Å². The molecule has 0 aliphatic carbocycles. The Hall–Kier alpha value is -1.60. The average Bonchev–Trinajstić information content (AvgIpc) is 2.42. The lowest BCUT2D eigenvalue weighted by atomic mass is 10.2. The van der Waals surface area contributed by atoms with E-state index >= 15 is 0 Å². The van der Waals surface area contributed by atoms with Gasteiger partial charge in [0.25, 0.3) is 0 Å². The molecule has 0 radical (unpaired) electrons. The fraction of sp³-hybridized carbons (Fsp3) is 0.462. The molecule has 0 aliphatic heterocycles. The SMILES string of the molecule is CC(CS(C)=O)NCCOc1ccc(/C(N)=N/O)cc1. The molecule has 112 valence electrons. The third-order valence-corrected chi connectivity index (χ3v) is 3.58. The molecule has 0 bridgehead atoms. The maximum atomic E-state index is 11.0. The van der Waals surface area contributed by atoms with Crippen molar-refractivity contribution in [3.8, 4) is 5.75 Å². The van der Waals surface area contributed by atoms with Crippen LogP contribution in [0.5, 0.6) is 5.75 Å². The molecule has 1 aromatic carbocycles. The number of ether oxygens (including phenoxy) is 1. The fourth-order valence-electron chi connectivity index (χ4n) is 1.66. The van der Waals surface area contributed by atoms with Gasteiger partial charge < -0.3 is 21.0 Å². The van der Waals surface area contributed by atoms with Gasteiger partial charge in [-0.15, -0.1) is 0 Å². The molecule has 0 aliphatic rings. The van der Waals surface area contributed by atoms with Crippen LogP contribution in [0.25, 0.3) is 0 Å². The number of nitrogens with zero attached hydrogens (tertiary/aromatic N) is 1. The van der Waals surface area contributed by atoms with Gasteiger partial charge in [0, 0.05) is 41.0 Å². The molecule has 0 fully saturated rings. The Morgan fingerprint density at radius 1 is 1.50 bits per heavy atom. The van der Waals surface area contributed by atoms with Gasteiger partial charge >= 0.3 is 0 Å². The highest BCUT2D eigenvalue weighted by Crippen LogP contribution is 2.11. The van der Waals surface area contributed by atoms with Crippen molar-refractivity contribution in [2.24, 2.45) is 10.9 Å². The first kappa shape index (κ1) is 16.5. The Bertz CT molecular complexity index is 462. The lowest BCUT2D eigenvalue weighted by Gasteiger charge is -2.13. The maximum absolute atomic E-state index is 11.0. The summed E-state index contributed by atoms with van der Waals surface area (Å²) in [6.45, 7) is 3.19. The van der Waals surface area contributed by atoms with Crippen molar-refractivity contribution in [1.82, 2.24) is 5.32 Å². The first-order valence-corrected chi connectivity index (χ1v) is 8.00. The third-order valence-electron chi connectivity index (χ3n) is 2.61. The van der Waals surface area contributed by atoms with Crippen molar-refractivity contribution in [1.29, 1.82) is 0 Å². The quantitative estimate of drug-likeness (QED) is 0.214. The van der Waals surface area contributed by atoms with Gasteiger partial charge in [0.15, 0.2) is 5.84 Å². The Balaban J connectivity index is 2.30. The number of oxime groups is 1. The zero-order valence-electron chi connectivity index (χ0n) is 11.7. The summed E-state index contributed by atoms with van der Waals surface area (Å²) in [4.78, 5) is 0. The highest BCUT2D eigenvalue weighted by Gasteiger charge is 2.03. The molecule has 0 saturated carbocycles. The van der Waals surface area contributed by atoms with Gasteiger partial charge in [-0.2, -0.15) is 0 Å². The van der Waals surface area contributed by atoms with E-state index in [0.717, 1.165) is 0 Å². The van der Waals surface area contributed by atoms with Gasteiger partial charge in [0.2, 0.25) is 0 Å². The van der Waals surface area contributed by atoms with E-state index in [4.69, 9.17) is 15.7 Å². The summed E-state index contributed by atoms with van der Waals surface area (Å²) in [7, 11) is -0.792. The van der Waals surface area contributed by atoms with Gasteiger partial charge in [-0.25, -0.2) is 0 Å². The summed E-state index contributed by atoms with van der Waals surface area (Å²) in [6.07, 6.45) is 1.69. The maximum Gasteiger partial charge on any atom is 0.170 e. The van der Waals surface area contributed by atoms with Gasteiger partial charge in [0.1, 0.15) is 12.4 Å². The molecule has 20 heavy (non-hydrogen) atoms. The largest absolute Gasteiger partial charge is 0.492 e. The Kier molecular flexibility index (Phi) is 7.03. The van der Waals surface area contributed by atoms with Crippen LogP contribution >= 0.6 is 0 Å². The minimum absolute atomic E-state index is 0.0691. The molecule has 0 saturated heterocycles. The molecule has 4 N–H and O–H groups in total. The summed E-state index contributed by atoms with van der Waals surface area (Å²) < 4.78 is 16.6. The molecule has 0 heterocycles. The van der Waals surface area contributed by atoms with Crippen LogP contribution in [0, 0.1) is 0 Å². The molecular weight excluding hydrogens is 278 g/mol. The van der Waals surface area contributed by atoms with Gasteiger partial charge in [-0.05, 0) is 31.2 Å². The third kappa shape index (κ3) is 6.03. The van der Waals surface area contributed by atoms with E-state index in [9.17, 15) is 4.21 Å². The second-order valence-electron chi connectivity index (χ2n) is 4.45. The molecular formula is C13H21N3O3S. The lowest BCUT2D eigenvalue weighted by Crippen LogP contribution is -2.34. The monoisotopic (exact) mass is 299 g/mol. The second kappa shape index (κ2) is 8.55. The highest BCUT2D eigenvalue weighted by atomic mass is 32.2. The number of rotatable bonds is 8. The Labute approximate surface area is 121 Å². The summed E-state index contributed by atoms with van der Waals surface area (Å²) >= 11 is 0. The van der Waals surface area contributed by atoms with Crippen LogP contribution in [0.4, 0.5) is 0 Å². The molecule has 0 amide bonds. The smallest absolute Gasteiger partial charge is 0.170 e. The molecule has 1 rings (SSSR count). The van der Waals surface area contributed by atoms with Crippen molar-refractivity contribution in [2.75, 3.05) is 25.2 Å². The number of nitrogens with two attached hydrogens (primary N) is 1. The fourth-order valence-corrected chi connectivity index (χ4v) is 2.49. The number of hydrogen-bond acceptors (Lipinski definition) is 5. The molecule has 2 atom stereocenters. The van der Waals surface area contributed by atoms with Crippen LogP contribution in [0.3, 0.4) is 0 Å². The van der Waals surface area contributed by atoms with E-state index in [1.54, 1.807) is 30.5 Å². The van der Waals surface area contributed by atoms with Gasteiger partial charge in [-0.3, -0.25) is 4.21 Å². The molecule has 1 aromatic rings. The Morgan fingerprint density at radius 2 is 2.15 bits per heavy atom. The number of nitrogens with one attached hydrogen (secondary N) is 1. The van der Waals surface area contributed by atoms with Gasteiger partial charge in [-0.1, -0.05) is 5.16 Å². The zero-order chi connectivity index (χ0) is 15.0. The van der Waals surface area contributed by atoms with Crippen LogP contribution in [-0.4, -0.2) is 46.5 Å². The topological polar surface area (TPSA) is 96.9 Å².